The molecule has 3 aromatic carbocycles. The third-order valence-electron chi connectivity index (χ3n) is 9.14. The van der Waals surface area contributed by atoms with Crippen LogP contribution in [0.3, 0.4) is 0 Å². The topological polar surface area (TPSA) is 91.7 Å². The number of anilines is 2. The van der Waals surface area contributed by atoms with Crippen molar-refractivity contribution in [3.63, 3.8) is 0 Å². The highest BCUT2D eigenvalue weighted by Crippen LogP contribution is 2.34. The average Bonchev–Trinajstić information content (AvgIpc) is 3.87. The van der Waals surface area contributed by atoms with Crippen LogP contribution in [0, 0.1) is 11.8 Å². The molecule has 9 heteroatoms. The standard InChI is InChI=1S/C41H50N4O4S/c1-4-5-22-48-23-24-49-37-13-8-32(9-14-37)33-10-17-39-35(25-33)26-34(18-20-44(39)27-30(2)3)41(46)43-36-11-15-38(16-12-36)50(47)29-40-42-19-21-45(40)28-31-6-7-31/h8-17,19,21,25-26,30-31H,4-7,18,20,22-24,27-29H2,1-3H3,(H,43,46). The second kappa shape index (κ2) is 17.2. The molecule has 1 aliphatic carbocycles. The zero-order chi connectivity index (χ0) is 34.9. The van der Waals surface area contributed by atoms with Gasteiger partial charge in [-0.3, -0.25) is 4.79 Å². The van der Waals surface area contributed by atoms with Crippen LogP contribution in [0.15, 0.2) is 89.6 Å². The highest BCUT2D eigenvalue weighted by atomic mass is 32.2. The van der Waals surface area contributed by atoms with E-state index in [4.69, 9.17) is 9.47 Å². The summed E-state index contributed by atoms with van der Waals surface area (Å²) in [7, 11) is 0. The first-order valence-electron chi connectivity index (χ1n) is 18.1. The number of nitrogens with zero attached hydrogens (tertiary/aromatic N) is 3. The van der Waals surface area contributed by atoms with E-state index in [1.807, 2.05) is 48.7 Å². The molecule has 264 valence electrons. The minimum absolute atomic E-state index is 0.121. The zero-order valence-electron chi connectivity index (χ0n) is 29.6. The summed E-state index contributed by atoms with van der Waals surface area (Å²) in [4.78, 5) is 21.2. The summed E-state index contributed by atoms with van der Waals surface area (Å²) in [6.07, 6.45) is 11.2. The van der Waals surface area contributed by atoms with E-state index in [1.54, 1.807) is 6.20 Å². The molecular formula is C41H50N4O4S. The van der Waals surface area contributed by atoms with Crippen LogP contribution >= 0.6 is 0 Å². The van der Waals surface area contributed by atoms with Crippen LogP contribution in [0.1, 0.15) is 64.3 Å². The van der Waals surface area contributed by atoms with Gasteiger partial charge < -0.3 is 28.8 Å². The third-order valence-corrected chi connectivity index (χ3v) is 10.5. The SMILES string of the molecule is CCCCOCCOc1ccc(-c2ccc3c(c2)C=C(C(=O)Nc2ccc([S+]([O-])Cc4nccn4CC4CC4)cc2)CCN3CC(C)C)cc1. The van der Waals surface area contributed by atoms with Crippen LogP contribution in [0.25, 0.3) is 17.2 Å². The van der Waals surface area contributed by atoms with E-state index in [9.17, 15) is 9.35 Å². The number of fused-ring (bicyclic) bond motifs is 1. The number of hydrogen-bond donors (Lipinski definition) is 1. The fourth-order valence-corrected chi connectivity index (χ4v) is 7.30. The van der Waals surface area contributed by atoms with Crippen LogP contribution in [0.5, 0.6) is 5.75 Å². The molecule has 2 aliphatic rings. The molecule has 1 aliphatic heterocycles. The van der Waals surface area contributed by atoms with Crippen molar-refractivity contribution >= 4 is 34.5 Å². The molecule has 0 bridgehead atoms. The van der Waals surface area contributed by atoms with Gasteiger partial charge in [-0.2, -0.15) is 0 Å². The number of ether oxygens (including phenoxy) is 2. The second-order valence-corrected chi connectivity index (χ2v) is 15.2. The number of aromatic nitrogens is 2. The minimum Gasteiger partial charge on any atom is -0.611 e. The van der Waals surface area contributed by atoms with E-state index in [0.717, 1.165) is 89.4 Å². The number of carbonyl (C=O) groups is 1. The number of amides is 1. The van der Waals surface area contributed by atoms with E-state index in [1.165, 1.54) is 12.8 Å². The van der Waals surface area contributed by atoms with Crippen LogP contribution < -0.4 is 15.0 Å². The maximum atomic E-state index is 13.7. The zero-order valence-corrected chi connectivity index (χ0v) is 30.4. The lowest BCUT2D eigenvalue weighted by Gasteiger charge is -2.27. The lowest BCUT2D eigenvalue weighted by Crippen LogP contribution is -2.29. The maximum absolute atomic E-state index is 13.7. The minimum atomic E-state index is -1.23. The Balaban J connectivity index is 1.12. The number of benzene rings is 3. The molecular weight excluding hydrogens is 645 g/mol. The molecule has 0 spiro atoms. The Hall–Kier alpha value is -4.05. The van der Waals surface area contributed by atoms with E-state index >= 15 is 0 Å². The fraction of sp³-hybridized carbons (Fsp3) is 0.415. The summed E-state index contributed by atoms with van der Waals surface area (Å²) >= 11 is -1.23. The lowest BCUT2D eigenvalue weighted by atomic mass is 10.00. The second-order valence-electron chi connectivity index (χ2n) is 13.8. The largest absolute Gasteiger partial charge is 0.611 e. The van der Waals surface area contributed by atoms with Gasteiger partial charge in [0.1, 0.15) is 12.4 Å². The Labute approximate surface area is 300 Å². The van der Waals surface area contributed by atoms with Gasteiger partial charge in [0.05, 0.1) is 6.61 Å². The molecule has 4 aromatic rings. The van der Waals surface area contributed by atoms with Crippen molar-refractivity contribution in [1.29, 1.82) is 0 Å². The van der Waals surface area contributed by atoms with Gasteiger partial charge in [-0.15, -0.1) is 0 Å². The number of carbonyl (C=O) groups excluding carboxylic acids is 1. The molecule has 0 radical (unpaired) electrons. The van der Waals surface area contributed by atoms with Crippen molar-refractivity contribution in [3.05, 3.63) is 96.1 Å². The maximum Gasteiger partial charge on any atom is 0.251 e. The molecule has 50 heavy (non-hydrogen) atoms. The Morgan fingerprint density at radius 3 is 2.54 bits per heavy atom. The highest BCUT2D eigenvalue weighted by Gasteiger charge is 2.25. The van der Waals surface area contributed by atoms with Gasteiger partial charge >= 0.3 is 0 Å². The number of imidazole rings is 1. The Bertz CT molecular complexity index is 1730. The molecule has 0 saturated heterocycles. The van der Waals surface area contributed by atoms with Crippen molar-refractivity contribution in [1.82, 2.24) is 9.55 Å². The van der Waals surface area contributed by atoms with Crippen molar-refractivity contribution in [3.8, 4) is 16.9 Å². The van der Waals surface area contributed by atoms with Gasteiger partial charge in [0, 0.05) is 55.6 Å². The summed E-state index contributed by atoms with van der Waals surface area (Å²) in [5.41, 5.74) is 5.75. The molecule has 6 rings (SSSR count). The molecule has 1 aromatic heterocycles. The van der Waals surface area contributed by atoms with Gasteiger partial charge in [0.25, 0.3) is 5.91 Å². The lowest BCUT2D eigenvalue weighted by molar-refractivity contribution is -0.112. The van der Waals surface area contributed by atoms with Gasteiger partial charge in [0.15, 0.2) is 16.5 Å². The van der Waals surface area contributed by atoms with Crippen LogP contribution in [-0.4, -0.2) is 52.9 Å². The molecule has 1 atom stereocenters. The third kappa shape index (κ3) is 9.80. The van der Waals surface area contributed by atoms with Crippen molar-refractivity contribution in [2.24, 2.45) is 11.8 Å². The fourth-order valence-electron chi connectivity index (χ4n) is 6.22. The molecule has 1 fully saturated rings. The molecule has 1 N–H and O–H groups in total. The van der Waals surface area contributed by atoms with E-state index < -0.39 is 11.2 Å². The first kappa shape index (κ1) is 35.8. The smallest absolute Gasteiger partial charge is 0.251 e. The van der Waals surface area contributed by atoms with Crippen LogP contribution in [0.4, 0.5) is 11.4 Å². The van der Waals surface area contributed by atoms with E-state index in [0.29, 0.717) is 37.0 Å². The summed E-state index contributed by atoms with van der Waals surface area (Å²) in [5, 5.41) is 3.09. The number of unbranched alkanes of at least 4 members (excludes halogenated alkanes) is 1. The summed E-state index contributed by atoms with van der Waals surface area (Å²) in [6, 6.07) is 22.0. The molecule has 1 unspecified atom stereocenters. The predicted molar refractivity (Wildman–Crippen MR) is 203 cm³/mol. The Morgan fingerprint density at radius 2 is 1.80 bits per heavy atom. The number of rotatable bonds is 17. The average molecular weight is 695 g/mol. The highest BCUT2D eigenvalue weighted by molar-refractivity contribution is 7.90. The first-order valence-corrected chi connectivity index (χ1v) is 19.4. The van der Waals surface area contributed by atoms with Crippen molar-refractivity contribution < 1.29 is 18.8 Å². The molecule has 1 amide bonds. The normalized spacial score (nSPS) is 15.0. The molecule has 2 heterocycles. The Morgan fingerprint density at radius 1 is 1.02 bits per heavy atom. The van der Waals surface area contributed by atoms with Gasteiger partial charge in [0.2, 0.25) is 0 Å². The summed E-state index contributed by atoms with van der Waals surface area (Å²) < 4.78 is 26.8. The van der Waals surface area contributed by atoms with Crippen molar-refractivity contribution in [2.45, 2.75) is 70.1 Å². The predicted octanol–water partition coefficient (Wildman–Crippen LogP) is 8.35. The van der Waals surface area contributed by atoms with E-state index in [2.05, 4.69) is 70.9 Å². The quantitative estimate of drug-likeness (QED) is 0.0883. The monoisotopic (exact) mass is 694 g/mol. The molecule has 1 saturated carbocycles. The van der Waals surface area contributed by atoms with Crippen LogP contribution in [-0.2, 0) is 33.0 Å². The van der Waals surface area contributed by atoms with E-state index in [-0.39, 0.29) is 5.91 Å². The first-order chi connectivity index (χ1) is 24.4. The summed E-state index contributed by atoms with van der Waals surface area (Å²) in [5.74, 6) is 3.13. The Kier molecular flexibility index (Phi) is 12.3. The van der Waals surface area contributed by atoms with Gasteiger partial charge in [-0.1, -0.05) is 45.4 Å². The number of nitrogens with one attached hydrogen (secondary N) is 1. The van der Waals surface area contributed by atoms with Gasteiger partial charge in [-0.05, 0) is 120 Å². The molecule has 8 nitrogen and oxygen atoms in total. The summed E-state index contributed by atoms with van der Waals surface area (Å²) in [6.45, 7) is 11.1. The van der Waals surface area contributed by atoms with Gasteiger partial charge in [-0.25, -0.2) is 4.98 Å². The van der Waals surface area contributed by atoms with Crippen LogP contribution in [0.2, 0.25) is 0 Å². The number of hydrogen-bond acceptors (Lipinski definition) is 6. The van der Waals surface area contributed by atoms with Crippen molar-refractivity contribution in [2.75, 3.05) is 43.1 Å².